The van der Waals surface area contributed by atoms with E-state index in [4.69, 9.17) is 0 Å². The van der Waals surface area contributed by atoms with E-state index in [0.29, 0.717) is 19.3 Å². The number of aliphatic hydroxyl groups is 4. The molecule has 2 rings (SSSR count). The summed E-state index contributed by atoms with van der Waals surface area (Å²) in [7, 11) is 0. The first kappa shape index (κ1) is 12.3. The van der Waals surface area contributed by atoms with E-state index >= 15 is 0 Å². The van der Waals surface area contributed by atoms with Gasteiger partial charge in [0.2, 0.25) is 5.79 Å². The molecular formula is C12H22O4. The minimum atomic E-state index is -2.34. The van der Waals surface area contributed by atoms with E-state index in [1.54, 1.807) is 0 Å². The zero-order valence-electron chi connectivity index (χ0n) is 9.60. The summed E-state index contributed by atoms with van der Waals surface area (Å²) in [5.41, 5.74) is -1.52. The van der Waals surface area contributed by atoms with Crippen molar-refractivity contribution >= 4 is 0 Å². The van der Waals surface area contributed by atoms with Gasteiger partial charge in [-0.25, -0.2) is 0 Å². The predicted molar refractivity (Wildman–Crippen MR) is 58.6 cm³/mol. The number of rotatable bonds is 1. The third-order valence-electron chi connectivity index (χ3n) is 4.42. The van der Waals surface area contributed by atoms with Gasteiger partial charge in [-0.3, -0.25) is 0 Å². The summed E-state index contributed by atoms with van der Waals surface area (Å²) >= 11 is 0. The molecule has 0 aliphatic heterocycles. The van der Waals surface area contributed by atoms with Crippen molar-refractivity contribution in [2.45, 2.75) is 68.9 Å². The second kappa shape index (κ2) is 4.26. The highest BCUT2D eigenvalue weighted by molar-refractivity contribution is 5.04. The molecule has 0 amide bonds. The topological polar surface area (TPSA) is 80.9 Å². The van der Waals surface area contributed by atoms with Crippen molar-refractivity contribution in [2.24, 2.45) is 5.92 Å². The highest BCUT2D eigenvalue weighted by Gasteiger charge is 2.58. The van der Waals surface area contributed by atoms with Crippen LogP contribution in [0.25, 0.3) is 0 Å². The lowest BCUT2D eigenvalue weighted by Crippen LogP contribution is -2.67. The Hall–Kier alpha value is -0.160. The summed E-state index contributed by atoms with van der Waals surface area (Å²) in [5.74, 6) is -2.43. The average Bonchev–Trinajstić information content (AvgIpc) is 2.28. The molecule has 4 N–H and O–H groups in total. The van der Waals surface area contributed by atoms with Crippen molar-refractivity contribution in [1.82, 2.24) is 0 Å². The van der Waals surface area contributed by atoms with Crippen LogP contribution in [0.5, 0.6) is 0 Å². The van der Waals surface area contributed by atoms with Crippen molar-refractivity contribution < 1.29 is 20.4 Å². The first-order valence-corrected chi connectivity index (χ1v) is 6.33. The molecule has 16 heavy (non-hydrogen) atoms. The van der Waals surface area contributed by atoms with Gasteiger partial charge in [-0.05, 0) is 38.0 Å². The van der Waals surface area contributed by atoms with Gasteiger partial charge in [0.05, 0.1) is 0 Å². The van der Waals surface area contributed by atoms with Gasteiger partial charge in [0, 0.05) is 0 Å². The monoisotopic (exact) mass is 230 g/mol. The van der Waals surface area contributed by atoms with Crippen molar-refractivity contribution in [1.29, 1.82) is 0 Å². The van der Waals surface area contributed by atoms with Gasteiger partial charge >= 0.3 is 0 Å². The molecule has 2 aliphatic rings. The van der Waals surface area contributed by atoms with Crippen LogP contribution in [-0.4, -0.2) is 37.9 Å². The largest absolute Gasteiger partial charge is 0.387 e. The molecule has 0 radical (unpaired) electrons. The Balaban J connectivity index is 2.20. The zero-order valence-corrected chi connectivity index (χ0v) is 9.60. The van der Waals surface area contributed by atoms with Crippen molar-refractivity contribution in [3.05, 3.63) is 0 Å². The molecule has 2 unspecified atom stereocenters. The lowest BCUT2D eigenvalue weighted by atomic mass is 9.65. The fourth-order valence-electron chi connectivity index (χ4n) is 3.32. The maximum Gasteiger partial charge on any atom is 0.219 e. The maximum atomic E-state index is 10.5. The van der Waals surface area contributed by atoms with Crippen LogP contribution in [0.3, 0.4) is 0 Å². The van der Waals surface area contributed by atoms with E-state index in [2.05, 4.69) is 0 Å². The highest BCUT2D eigenvalue weighted by Crippen LogP contribution is 2.45. The lowest BCUT2D eigenvalue weighted by molar-refractivity contribution is -0.346. The van der Waals surface area contributed by atoms with Crippen LogP contribution in [0.2, 0.25) is 0 Å². The summed E-state index contributed by atoms with van der Waals surface area (Å²) in [6.45, 7) is 0. The summed E-state index contributed by atoms with van der Waals surface area (Å²) < 4.78 is 0. The lowest BCUT2D eigenvalue weighted by Gasteiger charge is -2.50. The van der Waals surface area contributed by atoms with E-state index in [1.807, 2.05) is 0 Å². The van der Waals surface area contributed by atoms with E-state index in [9.17, 15) is 20.4 Å². The quantitative estimate of drug-likeness (QED) is 0.495. The minimum absolute atomic E-state index is 0.0915. The van der Waals surface area contributed by atoms with Crippen molar-refractivity contribution in [2.75, 3.05) is 0 Å². The van der Waals surface area contributed by atoms with Gasteiger partial charge in [-0.2, -0.15) is 0 Å². The van der Waals surface area contributed by atoms with Gasteiger partial charge in [0.25, 0.3) is 0 Å². The van der Waals surface area contributed by atoms with E-state index < -0.39 is 17.5 Å². The molecule has 2 aliphatic carbocycles. The van der Waals surface area contributed by atoms with E-state index in [0.717, 1.165) is 32.1 Å². The van der Waals surface area contributed by atoms with Gasteiger partial charge in [-0.1, -0.05) is 19.3 Å². The molecule has 2 fully saturated rings. The molecule has 0 aromatic rings. The van der Waals surface area contributed by atoms with Crippen LogP contribution in [0.1, 0.15) is 51.4 Å². The van der Waals surface area contributed by atoms with Crippen LogP contribution in [0.15, 0.2) is 0 Å². The van der Waals surface area contributed by atoms with Gasteiger partial charge in [0.15, 0.2) is 0 Å². The van der Waals surface area contributed by atoms with Gasteiger partial charge in [-0.15, -0.1) is 0 Å². The third kappa shape index (κ3) is 1.78. The van der Waals surface area contributed by atoms with Gasteiger partial charge < -0.3 is 20.4 Å². The molecule has 4 nitrogen and oxygen atoms in total. The van der Waals surface area contributed by atoms with E-state index in [1.165, 1.54) is 0 Å². The Kier molecular flexibility index (Phi) is 3.27. The first-order valence-electron chi connectivity index (χ1n) is 6.33. The minimum Gasteiger partial charge on any atom is -0.387 e. The molecule has 0 saturated heterocycles. The van der Waals surface area contributed by atoms with E-state index in [-0.39, 0.29) is 5.92 Å². The zero-order chi connectivity index (χ0) is 11.8. The smallest absolute Gasteiger partial charge is 0.219 e. The predicted octanol–water partition coefficient (Wildman–Crippen LogP) is 0.523. The van der Waals surface area contributed by atoms with Gasteiger partial charge in [0.1, 0.15) is 11.7 Å². The Morgan fingerprint density at radius 3 is 2.06 bits per heavy atom. The van der Waals surface area contributed by atoms with Crippen LogP contribution in [0, 0.1) is 5.92 Å². The Morgan fingerprint density at radius 2 is 1.44 bits per heavy atom. The molecular weight excluding hydrogens is 208 g/mol. The molecule has 0 aromatic carbocycles. The fraction of sp³-hybridized carbons (Fsp3) is 1.00. The second-order valence-electron chi connectivity index (χ2n) is 5.39. The third-order valence-corrected chi connectivity index (χ3v) is 4.42. The second-order valence-corrected chi connectivity index (χ2v) is 5.39. The number of aliphatic hydroxyl groups excluding tert-OH is 1. The van der Waals surface area contributed by atoms with Crippen LogP contribution in [0.4, 0.5) is 0 Å². The number of hydrogen-bond donors (Lipinski definition) is 4. The molecule has 2 atom stereocenters. The summed E-state index contributed by atoms with van der Waals surface area (Å²) in [6, 6.07) is 0. The molecule has 2 saturated carbocycles. The molecule has 0 bridgehead atoms. The van der Waals surface area contributed by atoms with Crippen molar-refractivity contribution in [3.8, 4) is 0 Å². The normalized spacial score (nSPS) is 40.9. The van der Waals surface area contributed by atoms with Crippen LogP contribution < -0.4 is 0 Å². The first-order chi connectivity index (χ1) is 7.48. The summed E-state index contributed by atoms with van der Waals surface area (Å²) in [5, 5.41) is 40.1. The molecule has 94 valence electrons. The standard InChI is InChI=1S/C12H22O4/c13-10-7-4-8-11(14,12(10,15)16)9-5-2-1-3-6-9/h9-10,13-16H,1-8H2. The Bertz CT molecular complexity index is 247. The Labute approximate surface area is 95.9 Å². The molecule has 0 heterocycles. The fourth-order valence-corrected chi connectivity index (χ4v) is 3.32. The Morgan fingerprint density at radius 1 is 0.812 bits per heavy atom. The number of hydrogen-bond acceptors (Lipinski definition) is 4. The average molecular weight is 230 g/mol. The maximum absolute atomic E-state index is 10.5. The van der Waals surface area contributed by atoms with Crippen molar-refractivity contribution in [3.63, 3.8) is 0 Å². The summed E-state index contributed by atoms with van der Waals surface area (Å²) in [4.78, 5) is 0. The molecule has 0 aromatic heterocycles. The van der Waals surface area contributed by atoms with Crippen LogP contribution >= 0.6 is 0 Å². The molecule has 0 spiro atoms. The van der Waals surface area contributed by atoms with Crippen LogP contribution in [-0.2, 0) is 0 Å². The highest BCUT2D eigenvalue weighted by atomic mass is 16.5. The summed E-state index contributed by atoms with van der Waals surface area (Å²) in [6.07, 6.45) is 5.00. The molecule has 4 heteroatoms. The SMILES string of the molecule is OC1CCCC(O)(C2CCCCC2)C1(O)O.